The first-order chi connectivity index (χ1) is 14.3. The number of benzene rings is 1. The minimum absolute atomic E-state index is 0.253. The van der Waals surface area contributed by atoms with Crippen molar-refractivity contribution < 1.29 is 14.3 Å². The number of nitrogens with two attached hydrogens (primary N) is 1. The average Bonchev–Trinajstić information content (AvgIpc) is 2.72. The Morgan fingerprint density at radius 1 is 1.17 bits per heavy atom. The molecular formula is C21H30Cl2N4O3. The zero-order valence-corrected chi connectivity index (χ0v) is 19.4. The first kappa shape index (κ1) is 26.0. The van der Waals surface area contributed by atoms with Crippen LogP contribution in [-0.2, 0) is 20.8 Å². The third kappa shape index (κ3) is 9.17. The second-order valence-electron chi connectivity index (χ2n) is 6.62. The molecule has 166 valence electrons. The van der Waals surface area contributed by atoms with E-state index < -0.39 is 0 Å². The molecule has 0 fully saturated rings. The summed E-state index contributed by atoms with van der Waals surface area (Å²) in [4.78, 5) is 17.2. The Morgan fingerprint density at radius 3 is 2.50 bits per heavy atom. The van der Waals surface area contributed by atoms with E-state index in [2.05, 4.69) is 15.6 Å². The highest BCUT2D eigenvalue weighted by Gasteiger charge is 2.15. The molecule has 0 atom stereocenters. The Bertz CT molecular complexity index is 803. The molecule has 1 rings (SSSR count). The van der Waals surface area contributed by atoms with Crippen molar-refractivity contribution in [1.82, 2.24) is 10.6 Å². The molecular weight excluding hydrogens is 427 g/mol. The van der Waals surface area contributed by atoms with Crippen molar-refractivity contribution in [2.24, 2.45) is 10.7 Å². The van der Waals surface area contributed by atoms with Crippen molar-refractivity contribution >= 4 is 34.8 Å². The molecule has 0 spiro atoms. The van der Waals surface area contributed by atoms with Crippen LogP contribution in [0.5, 0.6) is 0 Å². The van der Waals surface area contributed by atoms with Crippen LogP contribution in [0.25, 0.3) is 0 Å². The SMILES string of the molecule is COCCOCCN=C(C(=O)NC(NCc1ccc(Cl)c(Cl)c1)=C(C)C)/C(C)=C\N. The van der Waals surface area contributed by atoms with Gasteiger partial charge in [0.05, 0.1) is 36.4 Å². The number of aliphatic imine (C=N–C) groups is 1. The molecule has 0 aliphatic carbocycles. The summed E-state index contributed by atoms with van der Waals surface area (Å²) in [5.74, 6) is 0.226. The number of methoxy groups -OCH3 is 1. The van der Waals surface area contributed by atoms with Crippen LogP contribution in [0, 0.1) is 0 Å². The van der Waals surface area contributed by atoms with Crippen molar-refractivity contribution in [1.29, 1.82) is 0 Å². The number of carbonyl (C=O) groups is 1. The molecule has 0 aliphatic heterocycles. The summed E-state index contributed by atoms with van der Waals surface area (Å²) in [5, 5.41) is 7.06. The van der Waals surface area contributed by atoms with Crippen LogP contribution < -0.4 is 16.4 Å². The highest BCUT2D eigenvalue weighted by atomic mass is 35.5. The minimum atomic E-state index is -0.357. The van der Waals surface area contributed by atoms with Crippen molar-refractivity contribution in [2.45, 2.75) is 27.3 Å². The number of ether oxygens (including phenoxy) is 2. The number of amides is 1. The van der Waals surface area contributed by atoms with E-state index in [0.717, 1.165) is 11.1 Å². The lowest BCUT2D eigenvalue weighted by Gasteiger charge is -2.16. The lowest BCUT2D eigenvalue weighted by molar-refractivity contribution is -0.114. The summed E-state index contributed by atoms with van der Waals surface area (Å²) < 4.78 is 10.3. The monoisotopic (exact) mass is 456 g/mol. The zero-order chi connectivity index (χ0) is 22.5. The predicted octanol–water partition coefficient (Wildman–Crippen LogP) is 3.42. The number of halogens is 2. The molecule has 0 saturated heterocycles. The smallest absolute Gasteiger partial charge is 0.275 e. The summed E-state index contributed by atoms with van der Waals surface area (Å²) in [7, 11) is 1.61. The van der Waals surface area contributed by atoms with Gasteiger partial charge in [-0.05, 0) is 55.8 Å². The van der Waals surface area contributed by atoms with Crippen LogP contribution in [0.2, 0.25) is 10.0 Å². The van der Waals surface area contributed by atoms with E-state index in [1.807, 2.05) is 19.9 Å². The molecule has 0 radical (unpaired) electrons. The number of rotatable bonds is 12. The van der Waals surface area contributed by atoms with Gasteiger partial charge in [-0.25, -0.2) is 0 Å². The molecule has 0 heterocycles. The number of allylic oxidation sites excluding steroid dienone is 1. The topological polar surface area (TPSA) is 98.0 Å². The van der Waals surface area contributed by atoms with Crippen molar-refractivity contribution in [2.75, 3.05) is 33.5 Å². The van der Waals surface area contributed by atoms with E-state index in [9.17, 15) is 4.79 Å². The Balaban J connectivity index is 2.79. The number of hydrogen-bond acceptors (Lipinski definition) is 6. The third-order valence-electron chi connectivity index (χ3n) is 3.97. The van der Waals surface area contributed by atoms with E-state index in [0.29, 0.717) is 54.3 Å². The summed E-state index contributed by atoms with van der Waals surface area (Å²) in [5.41, 5.74) is 8.27. The van der Waals surface area contributed by atoms with E-state index in [-0.39, 0.29) is 11.6 Å². The van der Waals surface area contributed by atoms with Gasteiger partial charge in [0.2, 0.25) is 0 Å². The molecule has 1 aromatic rings. The fourth-order valence-electron chi connectivity index (χ4n) is 2.28. The maximum atomic E-state index is 12.8. The minimum Gasteiger partial charge on any atom is -0.404 e. The highest BCUT2D eigenvalue weighted by molar-refractivity contribution is 6.45. The Kier molecular flexibility index (Phi) is 12.2. The Morgan fingerprint density at radius 2 is 1.90 bits per heavy atom. The molecule has 1 aromatic carbocycles. The first-order valence-electron chi connectivity index (χ1n) is 9.46. The molecule has 9 heteroatoms. The fourth-order valence-corrected chi connectivity index (χ4v) is 2.60. The highest BCUT2D eigenvalue weighted by Crippen LogP contribution is 2.22. The maximum Gasteiger partial charge on any atom is 0.275 e. The second kappa shape index (κ2) is 14.0. The van der Waals surface area contributed by atoms with Crippen LogP contribution in [0.1, 0.15) is 26.3 Å². The Hall–Kier alpha value is -2.06. The van der Waals surface area contributed by atoms with E-state index in [4.69, 9.17) is 38.4 Å². The van der Waals surface area contributed by atoms with Gasteiger partial charge in [-0.15, -0.1) is 0 Å². The van der Waals surface area contributed by atoms with Gasteiger partial charge in [-0.1, -0.05) is 29.3 Å². The van der Waals surface area contributed by atoms with Crippen LogP contribution >= 0.6 is 23.2 Å². The van der Waals surface area contributed by atoms with E-state index >= 15 is 0 Å². The number of carbonyl (C=O) groups excluding carboxylic acids is 1. The lowest BCUT2D eigenvalue weighted by Crippen LogP contribution is -2.37. The fraction of sp³-hybridized carbons (Fsp3) is 0.429. The number of hydrogen-bond donors (Lipinski definition) is 3. The van der Waals surface area contributed by atoms with Gasteiger partial charge in [-0.2, -0.15) is 0 Å². The van der Waals surface area contributed by atoms with Crippen LogP contribution in [0.4, 0.5) is 0 Å². The summed E-state index contributed by atoms with van der Waals surface area (Å²) in [6.45, 7) is 7.67. The lowest BCUT2D eigenvalue weighted by atomic mass is 10.1. The molecule has 0 bridgehead atoms. The van der Waals surface area contributed by atoms with Gasteiger partial charge in [0.25, 0.3) is 5.91 Å². The molecule has 30 heavy (non-hydrogen) atoms. The van der Waals surface area contributed by atoms with Crippen LogP contribution in [0.15, 0.2) is 46.4 Å². The molecule has 7 nitrogen and oxygen atoms in total. The van der Waals surface area contributed by atoms with Gasteiger partial charge >= 0.3 is 0 Å². The molecule has 4 N–H and O–H groups in total. The number of nitrogens with zero attached hydrogens (tertiary/aromatic N) is 1. The normalized spacial score (nSPS) is 11.9. The second-order valence-corrected chi connectivity index (χ2v) is 7.43. The quantitative estimate of drug-likeness (QED) is 0.330. The maximum absolute atomic E-state index is 12.8. The standard InChI is InChI=1S/C21H30Cl2N4O3/c1-14(2)20(26-13-16-5-6-17(22)18(23)11-16)27-21(28)19(15(3)12-24)25-7-8-30-10-9-29-4/h5-6,11-12,26H,7-10,13,24H2,1-4H3,(H,27,28)/b15-12-,25-19?. The van der Waals surface area contributed by atoms with E-state index in [1.54, 1.807) is 26.2 Å². The van der Waals surface area contributed by atoms with Crippen molar-refractivity contribution in [3.05, 3.63) is 57.0 Å². The van der Waals surface area contributed by atoms with Gasteiger partial charge < -0.3 is 25.8 Å². The molecule has 0 aromatic heterocycles. The van der Waals surface area contributed by atoms with E-state index in [1.165, 1.54) is 6.20 Å². The van der Waals surface area contributed by atoms with Crippen LogP contribution in [0.3, 0.4) is 0 Å². The molecule has 0 saturated carbocycles. The van der Waals surface area contributed by atoms with Crippen molar-refractivity contribution in [3.8, 4) is 0 Å². The predicted molar refractivity (Wildman–Crippen MR) is 123 cm³/mol. The third-order valence-corrected chi connectivity index (χ3v) is 4.71. The van der Waals surface area contributed by atoms with Crippen molar-refractivity contribution in [3.63, 3.8) is 0 Å². The first-order valence-corrected chi connectivity index (χ1v) is 10.2. The Labute approximate surface area is 188 Å². The summed E-state index contributed by atoms with van der Waals surface area (Å²) in [6.07, 6.45) is 1.36. The average molecular weight is 457 g/mol. The van der Waals surface area contributed by atoms with Gasteiger partial charge in [0.1, 0.15) is 11.5 Å². The number of nitrogens with one attached hydrogen (secondary N) is 2. The largest absolute Gasteiger partial charge is 0.404 e. The van der Waals surface area contributed by atoms with Gasteiger partial charge in [0, 0.05) is 13.7 Å². The summed E-state index contributed by atoms with van der Waals surface area (Å²) >= 11 is 12.0. The molecule has 0 aliphatic rings. The summed E-state index contributed by atoms with van der Waals surface area (Å²) in [6, 6.07) is 5.37. The molecule has 1 amide bonds. The van der Waals surface area contributed by atoms with Gasteiger partial charge in [-0.3, -0.25) is 9.79 Å². The zero-order valence-electron chi connectivity index (χ0n) is 17.9. The van der Waals surface area contributed by atoms with Gasteiger partial charge in [0.15, 0.2) is 0 Å². The molecule has 0 unspecified atom stereocenters. The van der Waals surface area contributed by atoms with Crippen LogP contribution in [-0.4, -0.2) is 45.1 Å².